The summed E-state index contributed by atoms with van der Waals surface area (Å²) in [5.74, 6) is 0. The molecule has 2 rings (SSSR count). The van der Waals surface area contributed by atoms with E-state index in [1.807, 2.05) is 6.07 Å². The molecule has 0 bridgehead atoms. The van der Waals surface area contributed by atoms with Crippen LogP contribution in [-0.4, -0.2) is 13.1 Å². The van der Waals surface area contributed by atoms with Crippen LogP contribution < -0.4 is 0 Å². The van der Waals surface area contributed by atoms with Crippen LogP contribution in [0.3, 0.4) is 0 Å². The Hall–Kier alpha value is -1.38. The molecule has 1 N–H and O–H groups in total. The fraction of sp³-hybridized carbons (Fsp3) is 0.368. The van der Waals surface area contributed by atoms with Gasteiger partial charge < -0.3 is 4.80 Å². The Bertz CT molecular complexity index is 567. The molecule has 0 fully saturated rings. The summed E-state index contributed by atoms with van der Waals surface area (Å²) in [6, 6.07) is 19.8. The highest BCUT2D eigenvalue weighted by Gasteiger charge is 2.38. The van der Waals surface area contributed by atoms with Crippen LogP contribution in [0.15, 0.2) is 54.6 Å². The van der Waals surface area contributed by atoms with E-state index in [9.17, 15) is 4.80 Å². The summed E-state index contributed by atoms with van der Waals surface area (Å²) in [4.78, 5) is 11.2. The van der Waals surface area contributed by atoms with Crippen molar-refractivity contribution in [2.24, 2.45) is 0 Å². The molecule has 0 heterocycles. The zero-order valence-electron chi connectivity index (χ0n) is 13.5. The van der Waals surface area contributed by atoms with Gasteiger partial charge in [0.1, 0.15) is 0 Å². The molecule has 0 radical (unpaired) electrons. The average Bonchev–Trinajstić information content (AvgIpc) is 2.48. The smallest absolute Gasteiger partial charge is 0.197 e. The standard InChI is InChI=1S/C19H26OSi/c1-15(2)21(20,16(3)4)14-18-12-8-9-13-19(18)17-10-6-5-7-11-17/h5-13,15-16,20H,14H2,1-4H3. The Balaban J connectivity index is 2.42. The summed E-state index contributed by atoms with van der Waals surface area (Å²) in [6.45, 7) is 8.66. The van der Waals surface area contributed by atoms with Crippen LogP contribution in [0.1, 0.15) is 33.3 Å². The lowest BCUT2D eigenvalue weighted by Gasteiger charge is -2.34. The van der Waals surface area contributed by atoms with Gasteiger partial charge in [-0.15, -0.1) is 0 Å². The molecule has 0 aliphatic carbocycles. The van der Waals surface area contributed by atoms with E-state index in [1.165, 1.54) is 16.7 Å². The maximum atomic E-state index is 11.2. The van der Waals surface area contributed by atoms with Crippen LogP contribution in [0.4, 0.5) is 0 Å². The van der Waals surface area contributed by atoms with Gasteiger partial charge in [-0.3, -0.25) is 0 Å². The lowest BCUT2D eigenvalue weighted by Crippen LogP contribution is -2.44. The van der Waals surface area contributed by atoms with Crippen molar-refractivity contribution in [2.45, 2.75) is 44.8 Å². The molecular formula is C19H26OSi. The third-order valence-corrected chi connectivity index (χ3v) is 9.52. The molecule has 2 heteroatoms. The van der Waals surface area contributed by atoms with Crippen LogP contribution in [0.5, 0.6) is 0 Å². The summed E-state index contributed by atoms with van der Waals surface area (Å²) in [5, 5.41) is 0. The first-order valence-electron chi connectivity index (χ1n) is 7.81. The van der Waals surface area contributed by atoms with Crippen LogP contribution in [0.2, 0.25) is 11.1 Å². The summed E-state index contributed by atoms with van der Waals surface area (Å²) >= 11 is 0. The van der Waals surface area contributed by atoms with Crippen molar-refractivity contribution in [3.05, 3.63) is 60.2 Å². The SMILES string of the molecule is CC(C)[Si](O)(Cc1ccccc1-c1ccccc1)C(C)C. The van der Waals surface area contributed by atoms with E-state index in [0.717, 1.165) is 6.04 Å². The van der Waals surface area contributed by atoms with Crippen molar-refractivity contribution >= 4 is 8.32 Å². The second kappa shape index (κ2) is 6.59. The Morgan fingerprint density at radius 1 is 0.810 bits per heavy atom. The molecule has 0 aromatic heterocycles. The van der Waals surface area contributed by atoms with Gasteiger partial charge in [-0.05, 0) is 33.8 Å². The van der Waals surface area contributed by atoms with Gasteiger partial charge in [-0.1, -0.05) is 82.3 Å². The Labute approximate surface area is 129 Å². The molecule has 1 nitrogen and oxygen atoms in total. The van der Waals surface area contributed by atoms with E-state index in [-0.39, 0.29) is 0 Å². The first-order valence-corrected chi connectivity index (χ1v) is 10.1. The highest BCUT2D eigenvalue weighted by atomic mass is 28.4. The Morgan fingerprint density at radius 3 is 1.90 bits per heavy atom. The van der Waals surface area contributed by atoms with Gasteiger partial charge in [0.15, 0.2) is 8.32 Å². The van der Waals surface area contributed by atoms with Crippen LogP contribution in [0.25, 0.3) is 11.1 Å². The van der Waals surface area contributed by atoms with E-state index in [1.54, 1.807) is 0 Å². The zero-order chi connectivity index (χ0) is 15.5. The normalized spacial score (nSPS) is 12.1. The first-order chi connectivity index (χ1) is 9.95. The molecule has 0 aliphatic heterocycles. The van der Waals surface area contributed by atoms with Crippen LogP contribution in [0, 0.1) is 0 Å². The zero-order valence-corrected chi connectivity index (χ0v) is 14.5. The van der Waals surface area contributed by atoms with Crippen molar-refractivity contribution in [3.63, 3.8) is 0 Å². The number of benzene rings is 2. The molecule has 112 valence electrons. The highest BCUT2D eigenvalue weighted by molar-refractivity contribution is 6.74. The van der Waals surface area contributed by atoms with Crippen LogP contribution >= 0.6 is 0 Å². The summed E-state index contributed by atoms with van der Waals surface area (Å²) in [7, 11) is -2.31. The number of hydrogen-bond donors (Lipinski definition) is 1. The minimum atomic E-state index is -2.31. The quantitative estimate of drug-likeness (QED) is 0.753. The van der Waals surface area contributed by atoms with E-state index < -0.39 is 8.32 Å². The average molecular weight is 299 g/mol. The van der Waals surface area contributed by atoms with Gasteiger partial charge in [-0.2, -0.15) is 0 Å². The third-order valence-electron chi connectivity index (χ3n) is 4.58. The Kier molecular flexibility index (Phi) is 5.02. The van der Waals surface area contributed by atoms with Gasteiger partial charge in [0, 0.05) is 0 Å². The van der Waals surface area contributed by atoms with Crippen molar-refractivity contribution in [2.75, 3.05) is 0 Å². The lowest BCUT2D eigenvalue weighted by molar-refractivity contribution is 0.490. The van der Waals surface area contributed by atoms with Crippen molar-refractivity contribution in [1.82, 2.24) is 0 Å². The summed E-state index contributed by atoms with van der Waals surface area (Å²) in [6.07, 6.45) is 0. The van der Waals surface area contributed by atoms with Crippen molar-refractivity contribution in [3.8, 4) is 11.1 Å². The van der Waals surface area contributed by atoms with Gasteiger partial charge in [0.05, 0.1) is 0 Å². The molecule has 0 aliphatic rings. The maximum Gasteiger partial charge on any atom is 0.197 e. The van der Waals surface area contributed by atoms with Crippen molar-refractivity contribution in [1.29, 1.82) is 0 Å². The molecule has 21 heavy (non-hydrogen) atoms. The molecule has 0 atom stereocenters. The second-order valence-corrected chi connectivity index (χ2v) is 11.1. The Morgan fingerprint density at radius 2 is 1.33 bits per heavy atom. The fourth-order valence-electron chi connectivity index (χ4n) is 2.95. The summed E-state index contributed by atoms with van der Waals surface area (Å²) in [5.41, 5.74) is 4.49. The molecule has 2 aromatic carbocycles. The van der Waals surface area contributed by atoms with Gasteiger partial charge in [0.2, 0.25) is 0 Å². The van der Waals surface area contributed by atoms with Gasteiger partial charge in [0.25, 0.3) is 0 Å². The third kappa shape index (κ3) is 3.45. The van der Waals surface area contributed by atoms with Gasteiger partial charge >= 0.3 is 0 Å². The molecular weight excluding hydrogens is 272 g/mol. The fourth-order valence-corrected chi connectivity index (χ4v) is 6.02. The van der Waals surface area contributed by atoms with Crippen molar-refractivity contribution < 1.29 is 4.80 Å². The molecule has 0 amide bonds. The summed E-state index contributed by atoms with van der Waals surface area (Å²) < 4.78 is 0. The van der Waals surface area contributed by atoms with E-state index in [2.05, 4.69) is 76.2 Å². The maximum absolute atomic E-state index is 11.2. The van der Waals surface area contributed by atoms with Crippen LogP contribution in [-0.2, 0) is 6.04 Å². The largest absolute Gasteiger partial charge is 0.431 e. The predicted octanol–water partition coefficient (Wildman–Crippen LogP) is 5.19. The number of rotatable bonds is 5. The minimum absolute atomic E-state index is 0.362. The predicted molar refractivity (Wildman–Crippen MR) is 93.8 cm³/mol. The second-order valence-electron chi connectivity index (χ2n) is 6.50. The molecule has 0 saturated carbocycles. The number of hydrogen-bond acceptors (Lipinski definition) is 1. The lowest BCUT2D eigenvalue weighted by atomic mass is 10.0. The van der Waals surface area contributed by atoms with E-state index in [4.69, 9.17) is 0 Å². The molecule has 0 saturated heterocycles. The molecule has 0 unspecified atom stereocenters. The molecule has 2 aromatic rings. The van der Waals surface area contributed by atoms with E-state index in [0.29, 0.717) is 11.1 Å². The first kappa shape index (κ1) is 16.0. The monoisotopic (exact) mass is 298 g/mol. The topological polar surface area (TPSA) is 20.2 Å². The minimum Gasteiger partial charge on any atom is -0.431 e. The van der Waals surface area contributed by atoms with Gasteiger partial charge in [-0.25, -0.2) is 0 Å². The molecule has 0 spiro atoms. The highest BCUT2D eigenvalue weighted by Crippen LogP contribution is 2.35. The van der Waals surface area contributed by atoms with E-state index >= 15 is 0 Å².